The molecule has 0 saturated carbocycles. The van der Waals surface area contributed by atoms with Crippen LogP contribution in [0.3, 0.4) is 0 Å². The molecule has 0 aromatic carbocycles. The van der Waals surface area contributed by atoms with E-state index < -0.39 is 0 Å². The number of hydrogen-bond donors (Lipinski definition) is 0. The number of aromatic nitrogens is 4. The Labute approximate surface area is 181 Å². The Morgan fingerprint density at radius 1 is 1.17 bits per heavy atom. The van der Waals surface area contributed by atoms with Crippen LogP contribution in [-0.2, 0) is 12.8 Å². The quantitative estimate of drug-likeness (QED) is 0.441. The smallest absolute Gasteiger partial charge is 0.289 e. The lowest BCUT2D eigenvalue weighted by molar-refractivity contribution is 0.0713. The number of anilines is 1. The number of aryl methyl sites for hydroxylation is 1. The molecule has 10 heteroatoms. The summed E-state index contributed by atoms with van der Waals surface area (Å²) in [6, 6.07) is 7.51. The van der Waals surface area contributed by atoms with Crippen LogP contribution in [0.4, 0.5) is 5.13 Å². The topological polar surface area (TPSA) is 80.3 Å². The van der Waals surface area contributed by atoms with Gasteiger partial charge >= 0.3 is 0 Å². The van der Waals surface area contributed by atoms with Gasteiger partial charge in [-0.1, -0.05) is 23.1 Å². The Morgan fingerprint density at radius 3 is 2.80 bits per heavy atom. The van der Waals surface area contributed by atoms with E-state index in [-0.39, 0.29) is 5.91 Å². The van der Waals surface area contributed by atoms with Crippen molar-refractivity contribution in [3.63, 3.8) is 0 Å². The summed E-state index contributed by atoms with van der Waals surface area (Å²) >= 11 is 3.17. The number of furan rings is 1. The first-order chi connectivity index (χ1) is 14.7. The molecule has 0 radical (unpaired) electrons. The molecule has 30 heavy (non-hydrogen) atoms. The van der Waals surface area contributed by atoms with Crippen molar-refractivity contribution in [1.82, 2.24) is 24.4 Å². The lowest BCUT2D eigenvalue weighted by Gasteiger charge is -2.34. The van der Waals surface area contributed by atoms with Crippen molar-refractivity contribution < 1.29 is 9.21 Å². The molecule has 8 nitrogen and oxygen atoms in total. The Morgan fingerprint density at radius 2 is 2.03 bits per heavy atom. The number of pyridine rings is 1. The second-order valence-electron chi connectivity index (χ2n) is 6.98. The molecule has 1 saturated heterocycles. The number of amides is 1. The van der Waals surface area contributed by atoms with Crippen LogP contribution in [0.1, 0.15) is 16.3 Å². The second-order valence-corrected chi connectivity index (χ2v) is 8.88. The molecule has 0 spiro atoms. The van der Waals surface area contributed by atoms with E-state index in [0.717, 1.165) is 39.5 Å². The number of thiazole rings is 1. The summed E-state index contributed by atoms with van der Waals surface area (Å²) < 4.78 is 7.77. The predicted octanol–water partition coefficient (Wildman–Crippen LogP) is 3.27. The van der Waals surface area contributed by atoms with Gasteiger partial charge in [-0.2, -0.15) is 0 Å². The molecule has 4 aromatic rings. The average Bonchev–Trinajstić information content (AvgIpc) is 3.51. The predicted molar refractivity (Wildman–Crippen MR) is 117 cm³/mol. The zero-order valence-corrected chi connectivity index (χ0v) is 18.0. The van der Waals surface area contributed by atoms with Crippen LogP contribution in [0.15, 0.2) is 52.4 Å². The minimum atomic E-state index is -0.0612. The van der Waals surface area contributed by atoms with Gasteiger partial charge in [-0.05, 0) is 24.3 Å². The fourth-order valence-electron chi connectivity index (χ4n) is 3.35. The van der Waals surface area contributed by atoms with Crippen molar-refractivity contribution in [2.75, 3.05) is 31.1 Å². The van der Waals surface area contributed by atoms with Gasteiger partial charge in [0.25, 0.3) is 5.91 Å². The first-order valence-electron chi connectivity index (χ1n) is 9.62. The van der Waals surface area contributed by atoms with Gasteiger partial charge in [0.1, 0.15) is 16.1 Å². The number of hydrogen-bond acceptors (Lipinski definition) is 8. The number of thioether (sulfide) groups is 1. The first-order valence-corrected chi connectivity index (χ1v) is 11.4. The molecule has 0 N–H and O–H groups in total. The maximum Gasteiger partial charge on any atom is 0.289 e. The van der Waals surface area contributed by atoms with Crippen LogP contribution in [0, 0.1) is 0 Å². The van der Waals surface area contributed by atoms with Gasteiger partial charge in [-0.25, -0.2) is 15.0 Å². The summed E-state index contributed by atoms with van der Waals surface area (Å²) in [5.41, 5.74) is 0.919. The third-order valence-electron chi connectivity index (χ3n) is 4.99. The summed E-state index contributed by atoms with van der Waals surface area (Å²) in [5.74, 6) is 1.74. The number of rotatable bonds is 5. The van der Waals surface area contributed by atoms with Gasteiger partial charge in [0.2, 0.25) is 0 Å². The summed E-state index contributed by atoms with van der Waals surface area (Å²) in [7, 11) is 1.96. The number of imidazole rings is 1. The second kappa shape index (κ2) is 8.11. The monoisotopic (exact) mass is 440 g/mol. The molecule has 1 fully saturated rings. The zero-order valence-electron chi connectivity index (χ0n) is 16.4. The van der Waals surface area contributed by atoms with Gasteiger partial charge in [-0.3, -0.25) is 4.79 Å². The molecule has 5 rings (SSSR count). The van der Waals surface area contributed by atoms with Crippen molar-refractivity contribution in [3.8, 4) is 0 Å². The number of nitrogens with zero attached hydrogens (tertiary/aromatic N) is 6. The largest absolute Gasteiger partial charge is 0.455 e. The molecule has 0 atom stereocenters. The van der Waals surface area contributed by atoms with Crippen molar-refractivity contribution in [2.24, 2.45) is 7.05 Å². The summed E-state index contributed by atoms with van der Waals surface area (Å²) in [4.78, 5) is 31.2. The first kappa shape index (κ1) is 19.1. The minimum Gasteiger partial charge on any atom is -0.455 e. The molecule has 0 unspecified atom stereocenters. The maximum atomic E-state index is 12.9. The van der Waals surface area contributed by atoms with E-state index in [1.54, 1.807) is 41.6 Å². The standard InChI is InChI=1S/C20H20N6O2S2/c1-24-8-7-22-19(24)29-13-14-4-5-16(28-14)18(27)25-9-11-26(12-10-25)20-23-15-3-2-6-21-17(15)30-20/h2-8H,9-13H2,1H3. The third-order valence-corrected chi connectivity index (χ3v) is 7.11. The van der Waals surface area contributed by atoms with Crippen LogP contribution in [0.25, 0.3) is 10.3 Å². The van der Waals surface area contributed by atoms with E-state index in [2.05, 4.69) is 19.9 Å². The Hall–Kier alpha value is -2.85. The lowest BCUT2D eigenvalue weighted by atomic mass is 10.3. The van der Waals surface area contributed by atoms with Crippen molar-refractivity contribution in [1.29, 1.82) is 0 Å². The Balaban J connectivity index is 1.18. The van der Waals surface area contributed by atoms with E-state index in [4.69, 9.17) is 4.42 Å². The SMILES string of the molecule is Cn1ccnc1SCc1ccc(C(=O)N2CCN(c3nc4cccnc4s3)CC2)o1. The summed E-state index contributed by atoms with van der Waals surface area (Å²) in [6.07, 6.45) is 5.46. The van der Waals surface area contributed by atoms with Gasteiger partial charge in [0, 0.05) is 51.8 Å². The molecule has 0 bridgehead atoms. The number of piperazine rings is 1. The van der Waals surface area contributed by atoms with Gasteiger partial charge in [0.05, 0.1) is 5.75 Å². The number of carbonyl (C=O) groups excluding carboxylic acids is 1. The van der Waals surface area contributed by atoms with E-state index >= 15 is 0 Å². The molecule has 154 valence electrons. The highest BCUT2D eigenvalue weighted by Crippen LogP contribution is 2.28. The molecule has 1 amide bonds. The molecule has 4 aromatic heterocycles. The Kier molecular flexibility index (Phi) is 5.17. The Bertz CT molecular complexity index is 1140. The van der Waals surface area contributed by atoms with Crippen molar-refractivity contribution >= 4 is 44.5 Å². The molecule has 5 heterocycles. The molecular formula is C20H20N6O2S2. The van der Waals surface area contributed by atoms with Crippen molar-refractivity contribution in [2.45, 2.75) is 10.9 Å². The fraction of sp³-hybridized carbons (Fsp3) is 0.300. The van der Waals surface area contributed by atoms with E-state index in [0.29, 0.717) is 24.6 Å². The van der Waals surface area contributed by atoms with E-state index in [1.807, 2.05) is 40.9 Å². The van der Waals surface area contributed by atoms with E-state index in [9.17, 15) is 4.79 Å². The lowest BCUT2D eigenvalue weighted by Crippen LogP contribution is -2.48. The maximum absolute atomic E-state index is 12.9. The van der Waals surface area contributed by atoms with Gasteiger partial charge in [-0.15, -0.1) is 0 Å². The normalized spacial score (nSPS) is 14.6. The summed E-state index contributed by atoms with van der Waals surface area (Å²) in [5, 5.41) is 1.88. The fourth-order valence-corrected chi connectivity index (χ4v) is 5.13. The van der Waals surface area contributed by atoms with Crippen molar-refractivity contribution in [3.05, 3.63) is 54.4 Å². The van der Waals surface area contributed by atoms with Gasteiger partial charge in [0.15, 0.2) is 16.0 Å². The highest BCUT2D eigenvalue weighted by molar-refractivity contribution is 7.98. The zero-order chi connectivity index (χ0) is 20.5. The van der Waals surface area contributed by atoms with Crippen LogP contribution >= 0.6 is 23.1 Å². The average molecular weight is 441 g/mol. The highest BCUT2D eigenvalue weighted by atomic mass is 32.2. The number of carbonyl (C=O) groups is 1. The van der Waals surface area contributed by atoms with Gasteiger partial charge < -0.3 is 18.8 Å². The van der Waals surface area contributed by atoms with Crippen LogP contribution < -0.4 is 4.90 Å². The minimum absolute atomic E-state index is 0.0612. The molecule has 1 aliphatic heterocycles. The number of fused-ring (bicyclic) bond motifs is 1. The van der Waals surface area contributed by atoms with Crippen LogP contribution in [0.2, 0.25) is 0 Å². The summed E-state index contributed by atoms with van der Waals surface area (Å²) in [6.45, 7) is 2.77. The highest BCUT2D eigenvalue weighted by Gasteiger charge is 2.26. The van der Waals surface area contributed by atoms with Crippen LogP contribution in [-0.4, -0.2) is 56.5 Å². The van der Waals surface area contributed by atoms with E-state index in [1.165, 1.54) is 0 Å². The molecular weight excluding hydrogens is 420 g/mol. The molecule has 1 aliphatic rings. The third kappa shape index (κ3) is 3.80. The van der Waals surface area contributed by atoms with Crippen LogP contribution in [0.5, 0.6) is 0 Å². The molecule has 0 aliphatic carbocycles.